The summed E-state index contributed by atoms with van der Waals surface area (Å²) in [6, 6.07) is 10.3. The van der Waals surface area contributed by atoms with Gasteiger partial charge in [-0.15, -0.1) is 0 Å². The molecule has 1 saturated carbocycles. The fourth-order valence-electron chi connectivity index (χ4n) is 4.50. The molecule has 1 amide bonds. The zero-order valence-electron chi connectivity index (χ0n) is 16.4. The fourth-order valence-corrected chi connectivity index (χ4v) is 4.77. The molecule has 1 saturated heterocycles. The molecule has 1 aliphatic heterocycles. The third-order valence-corrected chi connectivity index (χ3v) is 6.79. The lowest BCUT2D eigenvalue weighted by atomic mass is 9.63. The Labute approximate surface area is 177 Å². The zero-order valence-corrected chi connectivity index (χ0v) is 18.0. The number of hydrogen-bond acceptors (Lipinski definition) is 5. The van der Waals surface area contributed by atoms with Crippen molar-refractivity contribution < 1.29 is 4.79 Å². The fraction of sp³-hybridized carbons (Fsp3) is 0.429. The van der Waals surface area contributed by atoms with E-state index in [1.165, 1.54) is 6.33 Å². The molecule has 2 fully saturated rings. The molecule has 0 radical (unpaired) electrons. The summed E-state index contributed by atoms with van der Waals surface area (Å²) in [5, 5.41) is 4.31. The zero-order chi connectivity index (χ0) is 20.0. The minimum absolute atomic E-state index is 0.280. The number of piperazine rings is 1. The van der Waals surface area contributed by atoms with Gasteiger partial charge in [0.1, 0.15) is 12.1 Å². The van der Waals surface area contributed by atoms with E-state index in [-0.39, 0.29) is 11.3 Å². The first-order valence-corrected chi connectivity index (χ1v) is 10.8. The molecular formula is C21H23BrN6O. The van der Waals surface area contributed by atoms with Gasteiger partial charge in [-0.05, 0) is 37.5 Å². The number of aromatic nitrogens is 4. The topological polar surface area (TPSA) is 66.6 Å². The Morgan fingerprint density at radius 1 is 1.10 bits per heavy atom. The Hall–Kier alpha value is -2.48. The van der Waals surface area contributed by atoms with Gasteiger partial charge >= 0.3 is 0 Å². The summed E-state index contributed by atoms with van der Waals surface area (Å²) in [5.41, 5.74) is 1.73. The van der Waals surface area contributed by atoms with Gasteiger partial charge < -0.3 is 9.80 Å². The average molecular weight is 455 g/mol. The van der Waals surface area contributed by atoms with Crippen LogP contribution in [-0.2, 0) is 10.2 Å². The van der Waals surface area contributed by atoms with E-state index in [2.05, 4.69) is 48.0 Å². The van der Waals surface area contributed by atoms with E-state index in [1.807, 2.05) is 30.0 Å². The second-order valence-electron chi connectivity index (χ2n) is 7.95. The van der Waals surface area contributed by atoms with Crippen LogP contribution in [0.5, 0.6) is 0 Å². The predicted octanol–water partition coefficient (Wildman–Crippen LogP) is 2.97. The number of hydrogen-bond donors (Lipinski definition) is 0. The minimum atomic E-state index is -0.338. The third kappa shape index (κ3) is 3.10. The number of halogens is 1. The first-order valence-electron chi connectivity index (χ1n) is 10.0. The molecular weight excluding hydrogens is 432 g/mol. The van der Waals surface area contributed by atoms with E-state index in [0.29, 0.717) is 18.9 Å². The van der Waals surface area contributed by atoms with E-state index in [0.717, 1.165) is 53.9 Å². The van der Waals surface area contributed by atoms with Gasteiger partial charge in [0.25, 0.3) is 5.78 Å². The molecule has 1 aliphatic carbocycles. The number of fused-ring (bicyclic) bond motifs is 1. The monoisotopic (exact) mass is 454 g/mol. The number of rotatable bonds is 3. The van der Waals surface area contributed by atoms with Gasteiger partial charge in [0, 0.05) is 42.4 Å². The highest BCUT2D eigenvalue weighted by molar-refractivity contribution is 9.10. The molecule has 0 spiro atoms. The van der Waals surface area contributed by atoms with Crippen molar-refractivity contribution in [2.75, 3.05) is 31.1 Å². The van der Waals surface area contributed by atoms with Crippen LogP contribution in [0.15, 0.2) is 41.1 Å². The van der Waals surface area contributed by atoms with Crippen molar-refractivity contribution in [3.05, 3.63) is 52.4 Å². The van der Waals surface area contributed by atoms with Crippen molar-refractivity contribution in [2.45, 2.75) is 31.6 Å². The molecule has 150 valence electrons. The second kappa shape index (κ2) is 7.09. The maximum atomic E-state index is 13.5. The molecule has 0 atom stereocenters. The summed E-state index contributed by atoms with van der Waals surface area (Å²) in [7, 11) is 0. The van der Waals surface area contributed by atoms with E-state index >= 15 is 0 Å². The van der Waals surface area contributed by atoms with Gasteiger partial charge in [-0.1, -0.05) is 34.5 Å². The predicted molar refractivity (Wildman–Crippen MR) is 114 cm³/mol. The van der Waals surface area contributed by atoms with Crippen LogP contribution in [0.1, 0.15) is 30.5 Å². The molecule has 0 unspecified atom stereocenters. The number of benzene rings is 1. The quantitative estimate of drug-likeness (QED) is 0.608. The first kappa shape index (κ1) is 18.5. The van der Waals surface area contributed by atoms with E-state index in [4.69, 9.17) is 0 Å². The van der Waals surface area contributed by atoms with Crippen molar-refractivity contribution in [1.29, 1.82) is 0 Å². The molecule has 0 bridgehead atoms. The van der Waals surface area contributed by atoms with Crippen molar-refractivity contribution >= 4 is 33.4 Å². The standard InChI is InChI=1S/C21H23BrN6O/c1-15-13-18(28-20(25-15)23-14-24-28)26-9-11-27(12-10-26)19(29)21(7-2-8-21)16-3-5-17(22)6-4-16/h3-6,13-14H,2,7-12H2,1H3. The highest BCUT2D eigenvalue weighted by atomic mass is 79.9. The number of anilines is 1. The van der Waals surface area contributed by atoms with Crippen LogP contribution in [0.2, 0.25) is 0 Å². The number of aryl methyl sites for hydroxylation is 1. The maximum Gasteiger partial charge on any atom is 0.254 e. The largest absolute Gasteiger partial charge is 0.353 e. The Kier molecular flexibility index (Phi) is 4.53. The lowest BCUT2D eigenvalue weighted by Gasteiger charge is -2.46. The molecule has 3 heterocycles. The van der Waals surface area contributed by atoms with Gasteiger partial charge in [-0.25, -0.2) is 4.98 Å². The normalized spacial score (nSPS) is 18.7. The smallest absolute Gasteiger partial charge is 0.254 e. The van der Waals surface area contributed by atoms with E-state index in [9.17, 15) is 4.79 Å². The SMILES string of the molecule is Cc1cc(N2CCN(C(=O)C3(c4ccc(Br)cc4)CCC3)CC2)n2ncnc2n1. The number of carbonyl (C=O) groups is 1. The second-order valence-corrected chi connectivity index (χ2v) is 8.87. The first-order chi connectivity index (χ1) is 14.1. The van der Waals surface area contributed by atoms with Crippen molar-refractivity contribution in [1.82, 2.24) is 24.5 Å². The van der Waals surface area contributed by atoms with Crippen LogP contribution in [0, 0.1) is 6.92 Å². The summed E-state index contributed by atoms with van der Waals surface area (Å²) >= 11 is 3.50. The number of carbonyl (C=O) groups excluding carboxylic acids is 1. The Morgan fingerprint density at radius 2 is 1.83 bits per heavy atom. The van der Waals surface area contributed by atoms with Crippen molar-refractivity contribution in [3.8, 4) is 0 Å². The van der Waals surface area contributed by atoms with E-state index < -0.39 is 0 Å². The Balaban J connectivity index is 1.34. The average Bonchev–Trinajstić information content (AvgIpc) is 3.16. The van der Waals surface area contributed by atoms with Gasteiger partial charge in [-0.2, -0.15) is 14.6 Å². The van der Waals surface area contributed by atoms with Gasteiger partial charge in [0.2, 0.25) is 5.91 Å². The highest BCUT2D eigenvalue weighted by Gasteiger charge is 2.48. The van der Waals surface area contributed by atoms with Crippen LogP contribution in [0.4, 0.5) is 5.82 Å². The molecule has 2 aliphatic rings. The number of amides is 1. The molecule has 29 heavy (non-hydrogen) atoms. The molecule has 2 aromatic heterocycles. The van der Waals surface area contributed by atoms with Crippen molar-refractivity contribution in [2.24, 2.45) is 0 Å². The summed E-state index contributed by atoms with van der Waals surface area (Å²) in [4.78, 5) is 26.5. The molecule has 0 N–H and O–H groups in total. The summed E-state index contributed by atoms with van der Waals surface area (Å²) in [6.07, 6.45) is 4.53. The molecule has 7 nitrogen and oxygen atoms in total. The summed E-state index contributed by atoms with van der Waals surface area (Å²) in [5.74, 6) is 1.88. The van der Waals surface area contributed by atoms with Gasteiger partial charge in [0.05, 0.1) is 5.41 Å². The van der Waals surface area contributed by atoms with Crippen molar-refractivity contribution in [3.63, 3.8) is 0 Å². The lowest BCUT2D eigenvalue weighted by molar-refractivity contribution is -0.141. The minimum Gasteiger partial charge on any atom is -0.353 e. The molecule has 1 aromatic carbocycles. The summed E-state index contributed by atoms with van der Waals surface area (Å²) < 4.78 is 2.82. The maximum absolute atomic E-state index is 13.5. The molecule has 3 aromatic rings. The van der Waals surface area contributed by atoms with Crippen LogP contribution in [-0.4, -0.2) is 56.6 Å². The lowest BCUT2D eigenvalue weighted by Crippen LogP contribution is -2.57. The molecule has 5 rings (SSSR count). The van der Waals surface area contributed by atoms with Gasteiger partial charge in [-0.3, -0.25) is 4.79 Å². The molecule has 8 heteroatoms. The number of nitrogens with zero attached hydrogens (tertiary/aromatic N) is 6. The summed E-state index contributed by atoms with van der Waals surface area (Å²) in [6.45, 7) is 4.96. The Bertz CT molecular complexity index is 1050. The Morgan fingerprint density at radius 3 is 2.48 bits per heavy atom. The van der Waals surface area contributed by atoms with Crippen LogP contribution < -0.4 is 4.90 Å². The third-order valence-electron chi connectivity index (χ3n) is 6.27. The van der Waals surface area contributed by atoms with E-state index in [1.54, 1.807) is 4.52 Å². The van der Waals surface area contributed by atoms with Crippen LogP contribution in [0.25, 0.3) is 5.78 Å². The highest BCUT2D eigenvalue weighted by Crippen LogP contribution is 2.45. The van der Waals surface area contributed by atoms with Gasteiger partial charge in [0.15, 0.2) is 0 Å². The van der Waals surface area contributed by atoms with Crippen LogP contribution >= 0.6 is 15.9 Å². The van der Waals surface area contributed by atoms with Crippen LogP contribution in [0.3, 0.4) is 0 Å².